The highest BCUT2D eigenvalue weighted by Gasteiger charge is 2.50. The van der Waals surface area contributed by atoms with Gasteiger partial charge in [-0.05, 0) is 106 Å². The maximum Gasteiger partial charge on any atom is 0.332 e. The van der Waals surface area contributed by atoms with Gasteiger partial charge in [0.25, 0.3) is 0 Å². The Bertz CT molecular complexity index is 717. The van der Waals surface area contributed by atoms with E-state index in [4.69, 9.17) is 9.47 Å². The van der Waals surface area contributed by atoms with Crippen molar-refractivity contribution >= 4 is 5.97 Å². The zero-order chi connectivity index (χ0) is 27.5. The molecule has 3 nitrogen and oxygen atoms in total. The third-order valence-corrected chi connectivity index (χ3v) is 9.47. The summed E-state index contributed by atoms with van der Waals surface area (Å²) in [5.41, 5.74) is 0.0861. The van der Waals surface area contributed by atoms with E-state index in [0.717, 1.165) is 37.0 Å². The van der Waals surface area contributed by atoms with Gasteiger partial charge in [0.05, 0.1) is 6.10 Å². The van der Waals surface area contributed by atoms with E-state index in [9.17, 15) is 4.79 Å². The molecule has 2 saturated carbocycles. The zero-order valence-electron chi connectivity index (χ0n) is 26.0. The number of fused-ring (bicyclic) bond motifs is 2. The van der Waals surface area contributed by atoms with E-state index in [1.807, 2.05) is 6.92 Å². The quantitative estimate of drug-likeness (QED) is 0.220. The molecule has 0 aromatic heterocycles. The van der Waals surface area contributed by atoms with Gasteiger partial charge >= 0.3 is 5.97 Å². The Hall–Kier alpha value is -0.830. The normalized spacial score (nSPS) is 30.2. The average Bonchev–Trinajstić information content (AvgIpc) is 2.68. The van der Waals surface area contributed by atoms with Crippen LogP contribution in [0.5, 0.6) is 0 Å². The zero-order valence-corrected chi connectivity index (χ0v) is 26.0. The van der Waals surface area contributed by atoms with E-state index in [-0.39, 0.29) is 29.5 Å². The van der Waals surface area contributed by atoms with Crippen molar-refractivity contribution in [2.75, 3.05) is 6.61 Å². The number of carbonyl (C=O) groups excluding carboxylic acids is 1. The minimum absolute atomic E-state index is 0.0103. The van der Waals surface area contributed by atoms with E-state index in [1.165, 1.54) is 25.7 Å². The lowest BCUT2D eigenvalue weighted by Gasteiger charge is -2.53. The summed E-state index contributed by atoms with van der Waals surface area (Å²) in [6.45, 7) is 27.4. The molecule has 36 heavy (non-hydrogen) atoms. The summed E-state index contributed by atoms with van der Waals surface area (Å²) in [6.07, 6.45) is 13.0. The topological polar surface area (TPSA) is 35.5 Å². The monoisotopic (exact) mass is 504 g/mol. The van der Waals surface area contributed by atoms with Crippen LogP contribution in [0.15, 0.2) is 12.2 Å². The molecule has 2 aliphatic carbocycles. The van der Waals surface area contributed by atoms with Crippen LogP contribution in [0.2, 0.25) is 0 Å². The summed E-state index contributed by atoms with van der Waals surface area (Å²) in [4.78, 5) is 12.9. The first-order valence-electron chi connectivity index (χ1n) is 14.9. The standard InChI is InChI=1S/C33H60O3/c1-13-27(28(31(7,8)9)21-30(4,5)6)15-14-24(3)35-22-29(34)36-32(10,11)33(12)19-25-16-23(2)17-26(18-25)20-33/h14-15,23-28H,13,16-22H2,1-12H3/b15-14-. The second-order valence-electron chi connectivity index (χ2n) is 15.7. The maximum atomic E-state index is 12.9. The Balaban J connectivity index is 1.93. The Morgan fingerprint density at radius 1 is 0.972 bits per heavy atom. The summed E-state index contributed by atoms with van der Waals surface area (Å²) in [5.74, 6) is 3.24. The van der Waals surface area contributed by atoms with Crippen molar-refractivity contribution in [2.24, 2.45) is 45.8 Å². The predicted molar refractivity (Wildman–Crippen MR) is 153 cm³/mol. The SMILES string of the molecule is CCC(/C=C\C(C)OCC(=O)OC(C)(C)C1(C)CC2CC(C)CC(C2)C1)C(CC(C)(C)C)C(C)(C)C. The lowest BCUT2D eigenvalue weighted by molar-refractivity contribution is -0.184. The van der Waals surface area contributed by atoms with Gasteiger partial charge in [-0.15, -0.1) is 0 Å². The second-order valence-corrected chi connectivity index (χ2v) is 15.7. The van der Waals surface area contributed by atoms with E-state index in [2.05, 4.69) is 88.3 Å². The third-order valence-electron chi connectivity index (χ3n) is 9.47. The molecule has 5 atom stereocenters. The number of hydrogen-bond acceptors (Lipinski definition) is 3. The Kier molecular flexibility index (Phi) is 10.4. The highest BCUT2D eigenvalue weighted by molar-refractivity contribution is 5.71. The van der Waals surface area contributed by atoms with Gasteiger partial charge in [-0.3, -0.25) is 0 Å². The van der Waals surface area contributed by atoms with Crippen LogP contribution in [0.25, 0.3) is 0 Å². The lowest BCUT2D eigenvalue weighted by atomic mass is 9.55. The first kappa shape index (κ1) is 31.4. The van der Waals surface area contributed by atoms with Crippen LogP contribution in [-0.2, 0) is 14.3 Å². The van der Waals surface area contributed by atoms with Crippen molar-refractivity contribution in [2.45, 2.75) is 140 Å². The summed E-state index contributed by atoms with van der Waals surface area (Å²) in [7, 11) is 0. The molecule has 2 fully saturated rings. The van der Waals surface area contributed by atoms with Crippen LogP contribution in [0.4, 0.5) is 0 Å². The van der Waals surface area contributed by atoms with Gasteiger partial charge in [0, 0.05) is 5.41 Å². The molecule has 2 bridgehead atoms. The minimum Gasteiger partial charge on any atom is -0.457 e. The number of carbonyl (C=O) groups is 1. The van der Waals surface area contributed by atoms with Crippen LogP contribution >= 0.6 is 0 Å². The van der Waals surface area contributed by atoms with Crippen molar-refractivity contribution in [3.8, 4) is 0 Å². The van der Waals surface area contributed by atoms with E-state index in [0.29, 0.717) is 17.3 Å². The van der Waals surface area contributed by atoms with Crippen LogP contribution in [0.3, 0.4) is 0 Å². The molecule has 0 spiro atoms. The van der Waals surface area contributed by atoms with Crippen molar-refractivity contribution in [3.05, 3.63) is 12.2 Å². The van der Waals surface area contributed by atoms with Gasteiger partial charge < -0.3 is 9.47 Å². The third kappa shape index (κ3) is 8.88. The molecule has 0 radical (unpaired) electrons. The minimum atomic E-state index is -0.482. The van der Waals surface area contributed by atoms with Crippen molar-refractivity contribution in [3.63, 3.8) is 0 Å². The van der Waals surface area contributed by atoms with Gasteiger partial charge in [-0.1, -0.05) is 74.5 Å². The Morgan fingerprint density at radius 2 is 1.53 bits per heavy atom. The number of rotatable bonds is 10. The van der Waals surface area contributed by atoms with Crippen LogP contribution < -0.4 is 0 Å². The van der Waals surface area contributed by atoms with E-state index in [1.54, 1.807) is 0 Å². The molecule has 2 aliphatic rings. The molecule has 3 heteroatoms. The molecule has 0 amide bonds. The summed E-state index contributed by atoms with van der Waals surface area (Å²) < 4.78 is 12.1. The van der Waals surface area contributed by atoms with Gasteiger partial charge in [0.2, 0.25) is 0 Å². The highest BCUT2D eigenvalue weighted by atomic mass is 16.6. The van der Waals surface area contributed by atoms with Crippen LogP contribution in [-0.4, -0.2) is 24.3 Å². The smallest absolute Gasteiger partial charge is 0.332 e. The van der Waals surface area contributed by atoms with E-state index < -0.39 is 5.60 Å². The second kappa shape index (κ2) is 11.9. The molecule has 0 aliphatic heterocycles. The highest BCUT2D eigenvalue weighted by Crippen LogP contribution is 2.55. The lowest BCUT2D eigenvalue weighted by Crippen LogP contribution is -2.51. The van der Waals surface area contributed by atoms with Gasteiger partial charge in [0.15, 0.2) is 0 Å². The summed E-state index contributed by atoms with van der Waals surface area (Å²) in [5, 5.41) is 0. The molecular weight excluding hydrogens is 444 g/mol. The summed E-state index contributed by atoms with van der Waals surface area (Å²) in [6, 6.07) is 0. The molecule has 210 valence electrons. The number of hydrogen-bond donors (Lipinski definition) is 0. The van der Waals surface area contributed by atoms with Gasteiger partial charge in [0.1, 0.15) is 12.2 Å². The Labute approximate surface area is 224 Å². The molecule has 0 heterocycles. The van der Waals surface area contributed by atoms with Crippen LogP contribution in [0.1, 0.15) is 128 Å². The number of allylic oxidation sites excluding steroid dienone is 1. The molecule has 0 aromatic carbocycles. The largest absolute Gasteiger partial charge is 0.457 e. The van der Waals surface area contributed by atoms with Crippen molar-refractivity contribution in [1.82, 2.24) is 0 Å². The van der Waals surface area contributed by atoms with E-state index >= 15 is 0 Å². The van der Waals surface area contributed by atoms with Gasteiger partial charge in [-0.25, -0.2) is 4.79 Å². The molecule has 0 N–H and O–H groups in total. The fraction of sp³-hybridized carbons (Fsp3) is 0.909. The average molecular weight is 505 g/mol. The fourth-order valence-electron chi connectivity index (χ4n) is 7.39. The predicted octanol–water partition coefficient (Wildman–Crippen LogP) is 9.25. The summed E-state index contributed by atoms with van der Waals surface area (Å²) >= 11 is 0. The molecule has 5 unspecified atom stereocenters. The molecule has 2 rings (SSSR count). The van der Waals surface area contributed by atoms with Crippen molar-refractivity contribution in [1.29, 1.82) is 0 Å². The van der Waals surface area contributed by atoms with Crippen molar-refractivity contribution < 1.29 is 14.3 Å². The molecule has 0 aromatic rings. The van der Waals surface area contributed by atoms with Crippen LogP contribution in [0, 0.1) is 45.8 Å². The number of esters is 1. The van der Waals surface area contributed by atoms with Gasteiger partial charge in [-0.2, -0.15) is 0 Å². The Morgan fingerprint density at radius 3 is 2.00 bits per heavy atom. The molecular formula is C33H60O3. The first-order chi connectivity index (χ1) is 16.3. The number of ether oxygens (including phenoxy) is 2. The maximum absolute atomic E-state index is 12.9. The molecule has 0 saturated heterocycles. The first-order valence-corrected chi connectivity index (χ1v) is 14.9. The fourth-order valence-corrected chi connectivity index (χ4v) is 7.39.